The Morgan fingerprint density at radius 3 is 2.37 bits per heavy atom. The summed E-state index contributed by atoms with van der Waals surface area (Å²) in [5, 5.41) is 14.6. The molecule has 0 saturated carbocycles. The number of anilines is 1. The monoisotopic (exact) mass is 298 g/mol. The summed E-state index contributed by atoms with van der Waals surface area (Å²) in [4.78, 5) is 18.4. The van der Waals surface area contributed by atoms with Gasteiger partial charge in [0.05, 0.1) is 4.92 Å². The maximum absolute atomic E-state index is 11.2. The van der Waals surface area contributed by atoms with Gasteiger partial charge in [-0.1, -0.05) is 23.2 Å². The van der Waals surface area contributed by atoms with E-state index in [1.807, 2.05) is 0 Å². The Kier molecular flexibility index (Phi) is 3.82. The van der Waals surface area contributed by atoms with Crippen LogP contribution in [0.5, 0.6) is 0 Å². The number of rotatable bonds is 3. The molecule has 8 heteroatoms. The summed E-state index contributed by atoms with van der Waals surface area (Å²) >= 11 is 11.8. The van der Waals surface area contributed by atoms with E-state index in [0.29, 0.717) is 15.6 Å². The molecule has 0 radical (unpaired) electrons. The van der Waals surface area contributed by atoms with Gasteiger partial charge in [-0.3, -0.25) is 10.1 Å². The molecule has 0 bridgehead atoms. The summed E-state index contributed by atoms with van der Waals surface area (Å²) in [5.74, 6) is 0.131. The van der Waals surface area contributed by atoms with E-state index in [1.165, 1.54) is 6.33 Å². The summed E-state index contributed by atoms with van der Waals surface area (Å²) in [6.07, 6.45) is 1.24. The average Bonchev–Trinajstić information content (AvgIpc) is 2.36. The van der Waals surface area contributed by atoms with Crippen molar-refractivity contribution < 1.29 is 4.92 Å². The van der Waals surface area contributed by atoms with Crippen LogP contribution in [0.3, 0.4) is 0 Å². The first kappa shape index (κ1) is 13.5. The van der Waals surface area contributed by atoms with Crippen molar-refractivity contribution in [2.45, 2.75) is 0 Å². The van der Waals surface area contributed by atoms with Crippen molar-refractivity contribution in [3.63, 3.8) is 0 Å². The molecule has 19 heavy (non-hydrogen) atoms. The van der Waals surface area contributed by atoms with Crippen LogP contribution in [0, 0.1) is 10.1 Å². The lowest BCUT2D eigenvalue weighted by Gasteiger charge is -2.06. The van der Waals surface area contributed by atoms with Gasteiger partial charge in [-0.15, -0.1) is 0 Å². The van der Waals surface area contributed by atoms with Crippen LogP contribution >= 0.6 is 23.2 Å². The number of aromatic nitrogens is 2. The van der Waals surface area contributed by atoms with Crippen LogP contribution in [-0.4, -0.2) is 21.9 Å². The highest BCUT2D eigenvalue weighted by atomic mass is 35.5. The van der Waals surface area contributed by atoms with E-state index >= 15 is 0 Å². The van der Waals surface area contributed by atoms with Crippen molar-refractivity contribution in [2.24, 2.45) is 0 Å². The van der Waals surface area contributed by atoms with Crippen molar-refractivity contribution >= 4 is 34.7 Å². The fourth-order valence-electron chi connectivity index (χ4n) is 1.64. The number of halogens is 2. The Bertz CT molecular complexity index is 628. The number of benzene rings is 1. The minimum absolute atomic E-state index is 0.131. The molecule has 0 unspecified atom stereocenters. The molecule has 0 aliphatic heterocycles. The molecule has 0 aliphatic rings. The van der Waals surface area contributed by atoms with Crippen LogP contribution in [0.15, 0.2) is 24.5 Å². The second-order valence-corrected chi connectivity index (χ2v) is 4.46. The second kappa shape index (κ2) is 5.38. The van der Waals surface area contributed by atoms with Gasteiger partial charge in [0, 0.05) is 22.7 Å². The summed E-state index contributed by atoms with van der Waals surface area (Å²) in [6.45, 7) is 0. The van der Waals surface area contributed by atoms with Gasteiger partial charge in [-0.05, 0) is 18.2 Å². The van der Waals surface area contributed by atoms with Gasteiger partial charge in [-0.25, -0.2) is 9.97 Å². The van der Waals surface area contributed by atoms with Gasteiger partial charge < -0.3 is 5.32 Å². The van der Waals surface area contributed by atoms with Gasteiger partial charge in [-0.2, -0.15) is 0 Å². The number of hydrogen-bond acceptors (Lipinski definition) is 5. The van der Waals surface area contributed by atoms with E-state index in [0.717, 1.165) is 0 Å². The van der Waals surface area contributed by atoms with Crippen LogP contribution < -0.4 is 5.32 Å². The molecular formula is C11H8Cl2N4O2. The van der Waals surface area contributed by atoms with E-state index < -0.39 is 4.92 Å². The molecule has 6 nitrogen and oxygen atoms in total. The van der Waals surface area contributed by atoms with Crippen LogP contribution in [-0.2, 0) is 0 Å². The maximum atomic E-state index is 11.2. The fourth-order valence-corrected chi connectivity index (χ4v) is 2.16. The lowest BCUT2D eigenvalue weighted by Crippen LogP contribution is -2.03. The van der Waals surface area contributed by atoms with Gasteiger partial charge >= 0.3 is 5.69 Å². The van der Waals surface area contributed by atoms with Crippen LogP contribution in [0.25, 0.3) is 11.3 Å². The Morgan fingerprint density at radius 1 is 1.21 bits per heavy atom. The Labute approximate surface area is 118 Å². The molecule has 2 rings (SSSR count). The third-order valence-electron chi connectivity index (χ3n) is 2.38. The zero-order valence-corrected chi connectivity index (χ0v) is 11.2. The minimum Gasteiger partial charge on any atom is -0.367 e. The third-order valence-corrected chi connectivity index (χ3v) is 2.81. The molecule has 0 amide bonds. The molecule has 98 valence electrons. The van der Waals surface area contributed by atoms with E-state index in [4.69, 9.17) is 23.2 Å². The normalized spacial score (nSPS) is 10.3. The summed E-state index contributed by atoms with van der Waals surface area (Å²) in [7, 11) is 1.55. The molecule has 1 N–H and O–H groups in total. The average molecular weight is 299 g/mol. The standard InChI is InChI=1S/C11H8Cl2N4O2/c1-14-11-10(17(18)19)9(15-5-16-11)6-2-7(12)4-8(13)3-6/h2-5H,1H3,(H,14,15,16). The zero-order valence-electron chi connectivity index (χ0n) is 9.72. The van der Waals surface area contributed by atoms with Crippen LogP contribution in [0.1, 0.15) is 0 Å². The van der Waals surface area contributed by atoms with E-state index in [9.17, 15) is 10.1 Å². The Balaban J connectivity index is 2.71. The SMILES string of the molecule is CNc1ncnc(-c2cc(Cl)cc(Cl)c2)c1[N+](=O)[O-]. The fraction of sp³-hybridized carbons (Fsp3) is 0.0909. The molecule has 0 atom stereocenters. The molecule has 0 spiro atoms. The smallest absolute Gasteiger partial charge is 0.337 e. The van der Waals surface area contributed by atoms with Crippen molar-refractivity contribution in [1.82, 2.24) is 9.97 Å². The summed E-state index contributed by atoms with van der Waals surface area (Å²) in [6, 6.07) is 4.66. The molecule has 1 aromatic heterocycles. The number of nitrogens with zero attached hydrogens (tertiary/aromatic N) is 3. The molecular weight excluding hydrogens is 291 g/mol. The molecule has 0 saturated heterocycles. The second-order valence-electron chi connectivity index (χ2n) is 3.58. The minimum atomic E-state index is -0.546. The van der Waals surface area contributed by atoms with Gasteiger partial charge in [0.1, 0.15) is 6.33 Å². The highest BCUT2D eigenvalue weighted by Crippen LogP contribution is 2.34. The predicted molar refractivity (Wildman–Crippen MR) is 73.7 cm³/mol. The third kappa shape index (κ3) is 2.74. The quantitative estimate of drug-likeness (QED) is 0.694. The predicted octanol–water partition coefficient (Wildman–Crippen LogP) is 3.40. The lowest BCUT2D eigenvalue weighted by molar-refractivity contribution is -0.383. The van der Waals surface area contributed by atoms with Crippen molar-refractivity contribution in [3.05, 3.63) is 44.7 Å². The first-order valence-electron chi connectivity index (χ1n) is 5.16. The number of nitrogens with one attached hydrogen (secondary N) is 1. The van der Waals surface area contributed by atoms with Crippen LogP contribution in [0.2, 0.25) is 10.0 Å². The van der Waals surface area contributed by atoms with E-state index in [-0.39, 0.29) is 17.2 Å². The van der Waals surface area contributed by atoms with Crippen LogP contribution in [0.4, 0.5) is 11.5 Å². The van der Waals surface area contributed by atoms with Crippen molar-refractivity contribution in [3.8, 4) is 11.3 Å². The first-order chi connectivity index (χ1) is 9.02. The van der Waals surface area contributed by atoms with Gasteiger partial charge in [0.25, 0.3) is 0 Å². The number of hydrogen-bond donors (Lipinski definition) is 1. The topological polar surface area (TPSA) is 81.0 Å². The largest absolute Gasteiger partial charge is 0.367 e. The molecule has 1 aromatic carbocycles. The van der Waals surface area contributed by atoms with E-state index in [1.54, 1.807) is 25.2 Å². The summed E-state index contributed by atoms with van der Waals surface area (Å²) < 4.78 is 0. The highest BCUT2D eigenvalue weighted by molar-refractivity contribution is 6.35. The van der Waals surface area contributed by atoms with Crippen molar-refractivity contribution in [2.75, 3.05) is 12.4 Å². The summed E-state index contributed by atoms with van der Waals surface area (Å²) in [5.41, 5.74) is 0.403. The Hall–Kier alpha value is -1.92. The molecule has 0 fully saturated rings. The number of nitro groups is 1. The highest BCUT2D eigenvalue weighted by Gasteiger charge is 2.23. The Morgan fingerprint density at radius 2 is 1.84 bits per heavy atom. The molecule has 1 heterocycles. The maximum Gasteiger partial charge on any atom is 0.337 e. The molecule has 0 aliphatic carbocycles. The first-order valence-corrected chi connectivity index (χ1v) is 5.92. The molecule has 2 aromatic rings. The lowest BCUT2D eigenvalue weighted by atomic mass is 10.1. The van der Waals surface area contributed by atoms with Gasteiger partial charge in [0.15, 0.2) is 5.69 Å². The van der Waals surface area contributed by atoms with Gasteiger partial charge in [0.2, 0.25) is 5.82 Å². The van der Waals surface area contributed by atoms with E-state index in [2.05, 4.69) is 15.3 Å². The zero-order chi connectivity index (χ0) is 14.0. The van der Waals surface area contributed by atoms with Crippen molar-refractivity contribution in [1.29, 1.82) is 0 Å².